The summed E-state index contributed by atoms with van der Waals surface area (Å²) in [4.78, 5) is 0. The second kappa shape index (κ2) is 4.10. The Kier molecular flexibility index (Phi) is 2.61. The molecule has 2 heterocycles. The molecule has 2 aliphatic rings. The molecular weight excluding hydrogens is 206 g/mol. The first kappa shape index (κ1) is 10.2. The fourth-order valence-electron chi connectivity index (χ4n) is 2.15. The van der Waals surface area contributed by atoms with Gasteiger partial charge in [-0.25, -0.2) is 4.68 Å². The summed E-state index contributed by atoms with van der Waals surface area (Å²) in [6.07, 6.45) is 3.78. The second-order valence-corrected chi connectivity index (χ2v) is 4.63. The van der Waals surface area contributed by atoms with Gasteiger partial charge in [0.2, 0.25) is 0 Å². The van der Waals surface area contributed by atoms with E-state index >= 15 is 0 Å². The highest BCUT2D eigenvalue weighted by Crippen LogP contribution is 2.25. The molecule has 0 radical (unpaired) electrons. The third-order valence-electron chi connectivity index (χ3n) is 3.34. The van der Waals surface area contributed by atoms with Crippen LogP contribution < -0.4 is 5.32 Å². The van der Waals surface area contributed by atoms with Gasteiger partial charge in [-0.15, -0.1) is 5.10 Å². The normalized spacial score (nSPS) is 29.8. The van der Waals surface area contributed by atoms with Crippen LogP contribution in [0.4, 0.5) is 0 Å². The summed E-state index contributed by atoms with van der Waals surface area (Å²) in [6.45, 7) is 3.65. The first-order chi connectivity index (χ1) is 7.84. The second-order valence-electron chi connectivity index (χ2n) is 4.63. The molecule has 2 unspecified atom stereocenters. The molecular formula is C10H17N5O. The van der Waals surface area contributed by atoms with Gasteiger partial charge in [0.15, 0.2) is 5.82 Å². The number of hydrogen-bond donors (Lipinski definition) is 1. The van der Waals surface area contributed by atoms with Crippen LogP contribution in [-0.2, 0) is 11.3 Å². The van der Waals surface area contributed by atoms with E-state index in [1.54, 1.807) is 0 Å². The van der Waals surface area contributed by atoms with Gasteiger partial charge in [0.05, 0.1) is 18.7 Å². The number of ether oxygens (including phenoxy) is 1. The van der Waals surface area contributed by atoms with Crippen molar-refractivity contribution < 1.29 is 4.74 Å². The fourth-order valence-corrected chi connectivity index (χ4v) is 2.15. The quantitative estimate of drug-likeness (QED) is 0.794. The molecule has 6 nitrogen and oxygen atoms in total. The number of nitrogens with one attached hydrogen (secondary N) is 1. The largest absolute Gasteiger partial charge is 0.376 e. The van der Waals surface area contributed by atoms with E-state index in [1.807, 2.05) is 4.68 Å². The molecule has 0 amide bonds. The minimum atomic E-state index is 0.211. The third kappa shape index (κ3) is 1.94. The molecule has 1 aliphatic heterocycles. The Labute approximate surface area is 94.4 Å². The minimum absolute atomic E-state index is 0.211. The molecule has 2 fully saturated rings. The summed E-state index contributed by atoms with van der Waals surface area (Å²) in [6, 6.07) is 0.980. The summed E-state index contributed by atoms with van der Waals surface area (Å²) in [5.41, 5.74) is 0. The highest BCUT2D eigenvalue weighted by molar-refractivity contribution is 4.91. The highest BCUT2D eigenvalue weighted by atomic mass is 16.5. The van der Waals surface area contributed by atoms with Crippen molar-refractivity contribution in [1.82, 2.24) is 25.5 Å². The Morgan fingerprint density at radius 1 is 1.44 bits per heavy atom. The number of hydrogen-bond acceptors (Lipinski definition) is 5. The number of rotatable bonds is 4. The molecule has 1 aliphatic carbocycles. The monoisotopic (exact) mass is 223 g/mol. The van der Waals surface area contributed by atoms with E-state index < -0.39 is 0 Å². The first-order valence-electron chi connectivity index (χ1n) is 5.96. The first-order valence-corrected chi connectivity index (χ1v) is 5.96. The molecule has 88 valence electrons. The smallest absolute Gasteiger partial charge is 0.165 e. The van der Waals surface area contributed by atoms with Crippen LogP contribution in [0.3, 0.4) is 0 Å². The lowest BCUT2D eigenvalue weighted by molar-refractivity contribution is 0.104. The van der Waals surface area contributed by atoms with Crippen molar-refractivity contribution in [3.63, 3.8) is 0 Å². The SMILES string of the molecule is CC1OCCC1n1nnnc1CNC1CC1. The van der Waals surface area contributed by atoms with E-state index in [-0.39, 0.29) is 6.10 Å². The standard InChI is InChI=1S/C10H17N5O/c1-7-9(4-5-16-7)15-10(12-13-14-15)6-11-8-2-3-8/h7-9,11H,2-6H2,1H3. The minimum Gasteiger partial charge on any atom is -0.376 e. The maximum atomic E-state index is 5.55. The Morgan fingerprint density at radius 3 is 3.00 bits per heavy atom. The molecule has 16 heavy (non-hydrogen) atoms. The van der Waals surface area contributed by atoms with Crippen LogP contribution in [0.2, 0.25) is 0 Å². The zero-order valence-electron chi connectivity index (χ0n) is 9.46. The Bertz CT molecular complexity index is 362. The van der Waals surface area contributed by atoms with Gasteiger partial charge in [0.1, 0.15) is 0 Å². The zero-order valence-corrected chi connectivity index (χ0v) is 9.46. The van der Waals surface area contributed by atoms with Gasteiger partial charge >= 0.3 is 0 Å². The Hall–Kier alpha value is -1.01. The summed E-state index contributed by atoms with van der Waals surface area (Å²) >= 11 is 0. The van der Waals surface area contributed by atoms with Crippen molar-refractivity contribution in [1.29, 1.82) is 0 Å². The van der Waals surface area contributed by atoms with E-state index in [2.05, 4.69) is 27.8 Å². The van der Waals surface area contributed by atoms with Gasteiger partial charge in [0.25, 0.3) is 0 Å². The van der Waals surface area contributed by atoms with E-state index in [4.69, 9.17) is 4.74 Å². The Morgan fingerprint density at radius 2 is 2.31 bits per heavy atom. The van der Waals surface area contributed by atoms with Gasteiger partial charge in [-0.3, -0.25) is 0 Å². The maximum absolute atomic E-state index is 5.55. The summed E-state index contributed by atoms with van der Waals surface area (Å²) in [5.74, 6) is 0.925. The molecule has 1 saturated carbocycles. The van der Waals surface area contributed by atoms with Crippen LogP contribution in [0.25, 0.3) is 0 Å². The average molecular weight is 223 g/mol. The van der Waals surface area contributed by atoms with E-state index in [1.165, 1.54) is 12.8 Å². The Balaban J connectivity index is 1.70. The van der Waals surface area contributed by atoms with Crippen molar-refractivity contribution >= 4 is 0 Å². The molecule has 0 spiro atoms. The molecule has 1 aromatic rings. The topological polar surface area (TPSA) is 64.9 Å². The molecule has 6 heteroatoms. The van der Waals surface area contributed by atoms with Gasteiger partial charge in [-0.1, -0.05) is 0 Å². The summed E-state index contributed by atoms with van der Waals surface area (Å²) < 4.78 is 7.47. The van der Waals surface area contributed by atoms with Crippen molar-refractivity contribution in [2.45, 2.75) is 50.9 Å². The van der Waals surface area contributed by atoms with Crippen molar-refractivity contribution in [2.24, 2.45) is 0 Å². The lowest BCUT2D eigenvalue weighted by Crippen LogP contribution is -2.24. The van der Waals surface area contributed by atoms with Crippen molar-refractivity contribution in [3.05, 3.63) is 5.82 Å². The maximum Gasteiger partial charge on any atom is 0.165 e. The molecule has 1 aromatic heterocycles. The van der Waals surface area contributed by atoms with Crippen LogP contribution in [-0.4, -0.2) is 39.0 Å². The van der Waals surface area contributed by atoms with Crippen LogP contribution in [0.1, 0.15) is 38.1 Å². The van der Waals surface area contributed by atoms with E-state index in [0.717, 1.165) is 25.4 Å². The van der Waals surface area contributed by atoms with Gasteiger partial charge in [-0.2, -0.15) is 0 Å². The zero-order chi connectivity index (χ0) is 11.0. The van der Waals surface area contributed by atoms with Crippen LogP contribution in [0.5, 0.6) is 0 Å². The van der Waals surface area contributed by atoms with Gasteiger partial charge in [-0.05, 0) is 36.6 Å². The lowest BCUT2D eigenvalue weighted by atomic mass is 10.1. The van der Waals surface area contributed by atoms with Gasteiger partial charge < -0.3 is 10.1 Å². The van der Waals surface area contributed by atoms with Crippen LogP contribution >= 0.6 is 0 Å². The number of nitrogens with zero attached hydrogens (tertiary/aromatic N) is 4. The van der Waals surface area contributed by atoms with E-state index in [0.29, 0.717) is 12.1 Å². The highest BCUT2D eigenvalue weighted by Gasteiger charge is 2.29. The molecule has 0 aromatic carbocycles. The van der Waals surface area contributed by atoms with Crippen molar-refractivity contribution in [3.8, 4) is 0 Å². The van der Waals surface area contributed by atoms with Gasteiger partial charge in [0, 0.05) is 12.6 Å². The molecule has 3 rings (SSSR count). The molecule has 1 saturated heterocycles. The number of aromatic nitrogens is 4. The fraction of sp³-hybridized carbons (Fsp3) is 0.900. The van der Waals surface area contributed by atoms with Crippen molar-refractivity contribution in [2.75, 3.05) is 6.61 Å². The molecule has 0 bridgehead atoms. The third-order valence-corrected chi connectivity index (χ3v) is 3.34. The van der Waals surface area contributed by atoms with Crippen LogP contribution in [0.15, 0.2) is 0 Å². The average Bonchev–Trinajstić information content (AvgIpc) is 2.83. The predicted molar refractivity (Wildman–Crippen MR) is 56.7 cm³/mol. The van der Waals surface area contributed by atoms with E-state index in [9.17, 15) is 0 Å². The summed E-state index contributed by atoms with van der Waals surface area (Å²) in [7, 11) is 0. The predicted octanol–water partition coefficient (Wildman–Crippen LogP) is 0.275. The molecule has 2 atom stereocenters. The molecule has 1 N–H and O–H groups in total. The summed E-state index contributed by atoms with van der Waals surface area (Å²) in [5, 5.41) is 15.4. The number of tetrazole rings is 1. The van der Waals surface area contributed by atoms with Crippen LogP contribution in [0, 0.1) is 0 Å². The lowest BCUT2D eigenvalue weighted by Gasteiger charge is -2.15.